The second kappa shape index (κ2) is 10.1. The number of hydrogen-bond donors (Lipinski definition) is 0. The summed E-state index contributed by atoms with van der Waals surface area (Å²) < 4.78 is 39.1. The molecular weight excluding hydrogens is 422 g/mol. The Bertz CT molecular complexity index is 1050. The Morgan fingerprint density at radius 1 is 1.23 bits per heavy atom. The van der Waals surface area contributed by atoms with Crippen LogP contribution in [0.15, 0.2) is 45.0 Å². The molecule has 1 aliphatic rings. The normalized spacial score (nSPS) is 13.4. The summed E-state index contributed by atoms with van der Waals surface area (Å²) in [5, 5.41) is 11.9. The van der Waals surface area contributed by atoms with E-state index in [0.717, 1.165) is 41.9 Å². The first-order chi connectivity index (χ1) is 15.1. The van der Waals surface area contributed by atoms with Crippen molar-refractivity contribution in [3.8, 4) is 5.75 Å². The van der Waals surface area contributed by atoms with Crippen molar-refractivity contribution in [2.45, 2.75) is 57.2 Å². The molecule has 9 heteroatoms. The maximum Gasteiger partial charge on any atom is 0.299 e. The van der Waals surface area contributed by atoms with Crippen LogP contribution in [0.25, 0.3) is 0 Å². The molecule has 2 aromatic heterocycles. The van der Waals surface area contributed by atoms with E-state index < -0.39 is 12.2 Å². The molecule has 4 rings (SSSR count). The molecule has 0 radical (unpaired) electrons. The molecule has 31 heavy (non-hydrogen) atoms. The molecular formula is C22H24F2N4O2S. The van der Waals surface area contributed by atoms with E-state index in [9.17, 15) is 8.78 Å². The van der Waals surface area contributed by atoms with Gasteiger partial charge in [0.05, 0.1) is 6.21 Å². The van der Waals surface area contributed by atoms with Crippen LogP contribution in [0.4, 0.5) is 8.78 Å². The summed E-state index contributed by atoms with van der Waals surface area (Å²) in [7, 11) is 0. The molecule has 0 atom stereocenters. The molecule has 0 unspecified atom stereocenters. The quantitative estimate of drug-likeness (QED) is 0.229. The number of fused-ring (bicyclic) bond motifs is 1. The fraction of sp³-hybridized carbons (Fsp3) is 0.409. The minimum absolute atomic E-state index is 0.277. The number of halogens is 2. The SMILES string of the molecule is CCCCSc1nnc(C(F)F)n1N=Cc1ccc(COc2ccc3c(c2)CCC3)o1. The molecule has 0 aliphatic heterocycles. The first kappa shape index (κ1) is 21.5. The number of unbranched alkanes of at least 4 members (excludes halogenated alkanes) is 1. The lowest BCUT2D eigenvalue weighted by Gasteiger charge is -2.06. The number of ether oxygens (including phenoxy) is 1. The van der Waals surface area contributed by atoms with Crippen LogP contribution in [0.1, 0.15) is 61.1 Å². The molecule has 0 N–H and O–H groups in total. The molecule has 164 valence electrons. The van der Waals surface area contributed by atoms with E-state index in [1.165, 1.54) is 35.5 Å². The molecule has 1 aliphatic carbocycles. The zero-order valence-corrected chi connectivity index (χ0v) is 18.1. The van der Waals surface area contributed by atoms with Gasteiger partial charge in [-0.15, -0.1) is 10.2 Å². The number of furan rings is 1. The number of alkyl halides is 2. The van der Waals surface area contributed by atoms with Gasteiger partial charge >= 0.3 is 0 Å². The first-order valence-corrected chi connectivity index (χ1v) is 11.4. The van der Waals surface area contributed by atoms with Gasteiger partial charge in [-0.1, -0.05) is 31.2 Å². The van der Waals surface area contributed by atoms with Crippen LogP contribution in [0.5, 0.6) is 5.75 Å². The fourth-order valence-corrected chi connectivity index (χ4v) is 4.34. The van der Waals surface area contributed by atoms with Crippen molar-refractivity contribution >= 4 is 18.0 Å². The van der Waals surface area contributed by atoms with Gasteiger partial charge < -0.3 is 9.15 Å². The van der Waals surface area contributed by atoms with Gasteiger partial charge in [0.2, 0.25) is 11.0 Å². The van der Waals surface area contributed by atoms with Crippen molar-refractivity contribution in [1.82, 2.24) is 14.9 Å². The zero-order valence-electron chi connectivity index (χ0n) is 17.3. The van der Waals surface area contributed by atoms with Gasteiger partial charge in [-0.25, -0.2) is 8.78 Å². The minimum atomic E-state index is -2.77. The predicted octanol–water partition coefficient (Wildman–Crippen LogP) is 5.65. The Labute approximate surface area is 183 Å². The predicted molar refractivity (Wildman–Crippen MR) is 115 cm³/mol. The van der Waals surface area contributed by atoms with Gasteiger partial charge in [-0.05, 0) is 61.1 Å². The van der Waals surface area contributed by atoms with Gasteiger partial charge in [0.15, 0.2) is 0 Å². The molecule has 1 aromatic carbocycles. The number of nitrogens with zero attached hydrogens (tertiary/aromatic N) is 4. The van der Waals surface area contributed by atoms with Crippen LogP contribution >= 0.6 is 11.8 Å². The molecule has 0 spiro atoms. The Kier molecular flexibility index (Phi) is 7.01. The molecule has 6 nitrogen and oxygen atoms in total. The average molecular weight is 447 g/mol. The molecule has 0 saturated heterocycles. The number of rotatable bonds is 10. The number of hydrogen-bond acceptors (Lipinski definition) is 6. The molecule has 0 fully saturated rings. The molecule has 3 aromatic rings. The second-order valence-corrected chi connectivity index (χ2v) is 8.34. The minimum Gasteiger partial charge on any atom is -0.486 e. The van der Waals surface area contributed by atoms with Crippen molar-refractivity contribution in [2.75, 3.05) is 5.75 Å². The lowest BCUT2D eigenvalue weighted by atomic mass is 10.1. The van der Waals surface area contributed by atoms with Gasteiger partial charge in [0, 0.05) is 5.75 Å². The number of aryl methyl sites for hydroxylation is 2. The Morgan fingerprint density at radius 3 is 2.94 bits per heavy atom. The Balaban J connectivity index is 1.41. The maximum atomic E-state index is 13.3. The fourth-order valence-electron chi connectivity index (χ4n) is 3.37. The lowest BCUT2D eigenvalue weighted by molar-refractivity contribution is 0.135. The summed E-state index contributed by atoms with van der Waals surface area (Å²) in [6, 6.07) is 9.69. The topological polar surface area (TPSA) is 65.4 Å². The van der Waals surface area contributed by atoms with Crippen molar-refractivity contribution in [3.05, 3.63) is 58.8 Å². The van der Waals surface area contributed by atoms with Crippen LogP contribution < -0.4 is 4.74 Å². The van der Waals surface area contributed by atoms with E-state index in [2.05, 4.69) is 34.4 Å². The van der Waals surface area contributed by atoms with Crippen molar-refractivity contribution < 1.29 is 17.9 Å². The van der Waals surface area contributed by atoms with Crippen molar-refractivity contribution in [1.29, 1.82) is 0 Å². The highest BCUT2D eigenvalue weighted by Gasteiger charge is 2.20. The van der Waals surface area contributed by atoms with E-state index in [1.807, 2.05) is 6.07 Å². The third-order valence-electron chi connectivity index (χ3n) is 4.99. The third-order valence-corrected chi connectivity index (χ3v) is 6.00. The van der Waals surface area contributed by atoms with Crippen LogP contribution in [-0.4, -0.2) is 26.8 Å². The molecule has 0 amide bonds. The summed E-state index contributed by atoms with van der Waals surface area (Å²) in [5.41, 5.74) is 2.74. The first-order valence-electron chi connectivity index (χ1n) is 10.4. The molecule has 0 saturated carbocycles. The monoisotopic (exact) mass is 446 g/mol. The van der Waals surface area contributed by atoms with Crippen molar-refractivity contribution in [3.63, 3.8) is 0 Å². The van der Waals surface area contributed by atoms with Crippen LogP contribution in [0, 0.1) is 0 Å². The number of thioether (sulfide) groups is 1. The van der Waals surface area contributed by atoms with E-state index in [1.54, 1.807) is 12.1 Å². The number of benzene rings is 1. The summed E-state index contributed by atoms with van der Waals surface area (Å²) >= 11 is 1.36. The standard InChI is InChI=1S/C22H24F2N4O2S/c1-2-3-11-31-22-27-26-21(20(23)24)28(22)25-13-18-9-10-19(30-18)14-29-17-8-7-15-5-4-6-16(15)12-17/h7-10,12-13,20H,2-6,11,14H2,1H3. The van der Waals surface area contributed by atoms with E-state index in [0.29, 0.717) is 16.7 Å². The van der Waals surface area contributed by atoms with Crippen LogP contribution in [-0.2, 0) is 19.4 Å². The zero-order chi connectivity index (χ0) is 21.6. The van der Waals surface area contributed by atoms with Gasteiger partial charge in [0.25, 0.3) is 6.43 Å². The second-order valence-electron chi connectivity index (χ2n) is 7.28. The van der Waals surface area contributed by atoms with Gasteiger partial charge in [-0.3, -0.25) is 0 Å². The highest BCUT2D eigenvalue weighted by Crippen LogP contribution is 2.27. The van der Waals surface area contributed by atoms with E-state index >= 15 is 0 Å². The summed E-state index contributed by atoms with van der Waals surface area (Å²) in [4.78, 5) is 0. The summed E-state index contributed by atoms with van der Waals surface area (Å²) in [6.07, 6.45) is 4.01. The van der Waals surface area contributed by atoms with Crippen molar-refractivity contribution in [2.24, 2.45) is 5.10 Å². The summed E-state index contributed by atoms with van der Waals surface area (Å²) in [6.45, 7) is 2.34. The van der Waals surface area contributed by atoms with Gasteiger partial charge in [-0.2, -0.15) is 9.78 Å². The average Bonchev–Trinajstić information content (AvgIpc) is 3.50. The number of aromatic nitrogens is 3. The third kappa shape index (κ3) is 5.33. The maximum absolute atomic E-state index is 13.3. The van der Waals surface area contributed by atoms with Crippen LogP contribution in [0.2, 0.25) is 0 Å². The lowest BCUT2D eigenvalue weighted by Crippen LogP contribution is -2.01. The molecule has 0 bridgehead atoms. The Morgan fingerprint density at radius 2 is 2.10 bits per heavy atom. The molecule has 2 heterocycles. The van der Waals surface area contributed by atoms with E-state index in [-0.39, 0.29) is 6.61 Å². The summed E-state index contributed by atoms with van der Waals surface area (Å²) in [5.74, 6) is 2.15. The highest BCUT2D eigenvalue weighted by atomic mass is 32.2. The van der Waals surface area contributed by atoms with Gasteiger partial charge in [0.1, 0.15) is 23.9 Å². The largest absolute Gasteiger partial charge is 0.486 e. The van der Waals surface area contributed by atoms with Crippen LogP contribution in [0.3, 0.4) is 0 Å². The Hall–Kier alpha value is -2.68. The highest BCUT2D eigenvalue weighted by molar-refractivity contribution is 7.99. The smallest absolute Gasteiger partial charge is 0.299 e. The van der Waals surface area contributed by atoms with E-state index in [4.69, 9.17) is 9.15 Å².